The molecular formula is C17H28N4O. The molecule has 1 aliphatic heterocycles. The van der Waals surface area contributed by atoms with E-state index in [0.29, 0.717) is 5.91 Å². The van der Waals surface area contributed by atoms with E-state index in [2.05, 4.69) is 35.8 Å². The van der Waals surface area contributed by atoms with Gasteiger partial charge in [-0.05, 0) is 46.5 Å². The molecule has 22 heavy (non-hydrogen) atoms. The molecule has 122 valence electrons. The van der Waals surface area contributed by atoms with Gasteiger partial charge in [0.15, 0.2) is 0 Å². The molecule has 1 aromatic rings. The van der Waals surface area contributed by atoms with E-state index in [4.69, 9.17) is 0 Å². The number of amides is 1. The third-order valence-electron chi connectivity index (χ3n) is 5.04. The molecule has 5 heteroatoms. The van der Waals surface area contributed by atoms with Crippen LogP contribution in [0.25, 0.3) is 0 Å². The van der Waals surface area contributed by atoms with Crippen molar-refractivity contribution in [1.29, 1.82) is 0 Å². The lowest BCUT2D eigenvalue weighted by Crippen LogP contribution is -2.39. The minimum absolute atomic E-state index is 0.0927. The van der Waals surface area contributed by atoms with Gasteiger partial charge in [-0.15, -0.1) is 0 Å². The number of likely N-dealkylation sites (tertiary alicyclic amines) is 1. The summed E-state index contributed by atoms with van der Waals surface area (Å²) in [5.41, 5.74) is -0.0927. The van der Waals surface area contributed by atoms with Gasteiger partial charge in [0.2, 0.25) is 5.91 Å². The predicted octanol–water partition coefficient (Wildman–Crippen LogP) is 2.93. The van der Waals surface area contributed by atoms with Crippen molar-refractivity contribution in [1.82, 2.24) is 19.7 Å². The number of carbonyl (C=O) groups is 1. The Morgan fingerprint density at radius 1 is 1.14 bits per heavy atom. The van der Waals surface area contributed by atoms with Gasteiger partial charge in [-0.25, -0.2) is 9.67 Å². The van der Waals surface area contributed by atoms with Crippen molar-refractivity contribution in [3.63, 3.8) is 0 Å². The van der Waals surface area contributed by atoms with Crippen molar-refractivity contribution in [3.8, 4) is 0 Å². The number of hydrogen-bond donors (Lipinski definition) is 0. The van der Waals surface area contributed by atoms with Gasteiger partial charge in [0, 0.05) is 24.9 Å². The highest BCUT2D eigenvalue weighted by atomic mass is 16.2. The molecule has 1 saturated carbocycles. The normalized spacial score (nSPS) is 26.4. The van der Waals surface area contributed by atoms with E-state index in [9.17, 15) is 4.79 Å². The lowest BCUT2D eigenvalue weighted by molar-refractivity contribution is -0.136. The molecule has 0 aromatic carbocycles. The van der Waals surface area contributed by atoms with Crippen LogP contribution in [0, 0.1) is 5.92 Å². The molecule has 2 heterocycles. The van der Waals surface area contributed by atoms with Crippen molar-refractivity contribution < 1.29 is 4.79 Å². The van der Waals surface area contributed by atoms with E-state index in [1.165, 1.54) is 6.42 Å². The third-order valence-corrected chi connectivity index (χ3v) is 5.04. The Kier molecular flexibility index (Phi) is 4.24. The van der Waals surface area contributed by atoms with Gasteiger partial charge in [0.05, 0.1) is 5.54 Å². The van der Waals surface area contributed by atoms with E-state index < -0.39 is 0 Å². The maximum atomic E-state index is 12.9. The van der Waals surface area contributed by atoms with Crippen LogP contribution in [0.5, 0.6) is 0 Å². The second kappa shape index (κ2) is 6.01. The fourth-order valence-electron chi connectivity index (χ4n) is 3.93. The van der Waals surface area contributed by atoms with Crippen LogP contribution in [-0.2, 0) is 10.3 Å². The third kappa shape index (κ3) is 2.90. The first-order valence-corrected chi connectivity index (χ1v) is 8.67. The monoisotopic (exact) mass is 304 g/mol. The minimum atomic E-state index is -0.0927. The number of carbonyl (C=O) groups excluding carboxylic acids is 1. The molecule has 1 saturated heterocycles. The van der Waals surface area contributed by atoms with Crippen molar-refractivity contribution in [3.05, 3.63) is 12.2 Å². The van der Waals surface area contributed by atoms with Crippen molar-refractivity contribution in [2.24, 2.45) is 5.92 Å². The van der Waals surface area contributed by atoms with Crippen LogP contribution in [0.4, 0.5) is 0 Å². The molecule has 0 unspecified atom stereocenters. The van der Waals surface area contributed by atoms with E-state index in [-0.39, 0.29) is 17.4 Å². The van der Waals surface area contributed by atoms with Crippen LogP contribution < -0.4 is 0 Å². The first kappa shape index (κ1) is 15.5. The van der Waals surface area contributed by atoms with E-state index in [1.54, 1.807) is 6.33 Å². The van der Waals surface area contributed by atoms with Crippen LogP contribution in [0.2, 0.25) is 0 Å². The Morgan fingerprint density at radius 2 is 1.82 bits per heavy atom. The first-order chi connectivity index (χ1) is 10.5. The van der Waals surface area contributed by atoms with Gasteiger partial charge < -0.3 is 4.90 Å². The van der Waals surface area contributed by atoms with Gasteiger partial charge in [0.25, 0.3) is 0 Å². The molecule has 2 aliphatic rings. The summed E-state index contributed by atoms with van der Waals surface area (Å²) in [4.78, 5) is 19.6. The van der Waals surface area contributed by atoms with Crippen LogP contribution in [0.3, 0.4) is 0 Å². The van der Waals surface area contributed by atoms with Gasteiger partial charge >= 0.3 is 0 Å². The fourth-order valence-corrected chi connectivity index (χ4v) is 3.93. The highest BCUT2D eigenvalue weighted by molar-refractivity contribution is 5.80. The van der Waals surface area contributed by atoms with Crippen molar-refractivity contribution in [2.75, 3.05) is 13.1 Å². The van der Waals surface area contributed by atoms with Crippen LogP contribution in [-0.4, -0.2) is 38.7 Å². The summed E-state index contributed by atoms with van der Waals surface area (Å²) >= 11 is 0. The van der Waals surface area contributed by atoms with Gasteiger partial charge in [-0.1, -0.05) is 12.8 Å². The Morgan fingerprint density at radius 3 is 2.50 bits per heavy atom. The van der Waals surface area contributed by atoms with Gasteiger partial charge in [-0.2, -0.15) is 5.10 Å². The SMILES string of the molecule is CC(C)(C)n1ncnc1[C@H]1CCCC[C@H]1C(=O)N1CCCC1. The summed E-state index contributed by atoms with van der Waals surface area (Å²) in [6.45, 7) is 8.31. The average Bonchev–Trinajstić information content (AvgIpc) is 3.17. The van der Waals surface area contributed by atoms with E-state index >= 15 is 0 Å². The summed E-state index contributed by atoms with van der Waals surface area (Å²) < 4.78 is 2.02. The van der Waals surface area contributed by atoms with Gasteiger partial charge in [-0.3, -0.25) is 4.79 Å². The molecule has 0 N–H and O–H groups in total. The Balaban J connectivity index is 1.87. The summed E-state index contributed by atoms with van der Waals surface area (Å²) in [5, 5.41) is 4.43. The molecule has 2 atom stereocenters. The maximum absolute atomic E-state index is 12.9. The molecule has 3 rings (SSSR count). The maximum Gasteiger partial charge on any atom is 0.226 e. The van der Waals surface area contributed by atoms with Crippen LogP contribution in [0.15, 0.2) is 6.33 Å². The summed E-state index contributed by atoms with van der Waals surface area (Å²) in [6.07, 6.45) is 8.35. The zero-order valence-corrected chi connectivity index (χ0v) is 14.1. The molecular weight excluding hydrogens is 276 g/mol. The highest BCUT2D eigenvalue weighted by Gasteiger charge is 2.38. The number of nitrogens with zero attached hydrogens (tertiary/aromatic N) is 4. The number of hydrogen-bond acceptors (Lipinski definition) is 3. The second-order valence-corrected chi connectivity index (χ2v) is 7.73. The van der Waals surface area contributed by atoms with Gasteiger partial charge in [0.1, 0.15) is 12.2 Å². The highest BCUT2D eigenvalue weighted by Crippen LogP contribution is 2.39. The molecule has 2 fully saturated rings. The summed E-state index contributed by atoms with van der Waals surface area (Å²) in [5.74, 6) is 1.68. The van der Waals surface area contributed by atoms with Crippen LogP contribution in [0.1, 0.15) is 71.0 Å². The molecule has 5 nitrogen and oxygen atoms in total. The Hall–Kier alpha value is -1.39. The molecule has 0 radical (unpaired) electrons. The second-order valence-electron chi connectivity index (χ2n) is 7.73. The van der Waals surface area contributed by atoms with Crippen molar-refractivity contribution in [2.45, 2.75) is 70.8 Å². The van der Waals surface area contributed by atoms with E-state index in [0.717, 1.165) is 51.0 Å². The first-order valence-electron chi connectivity index (χ1n) is 8.67. The minimum Gasteiger partial charge on any atom is -0.342 e. The lowest BCUT2D eigenvalue weighted by Gasteiger charge is -2.34. The number of aromatic nitrogens is 3. The summed E-state index contributed by atoms with van der Waals surface area (Å²) in [7, 11) is 0. The molecule has 0 bridgehead atoms. The predicted molar refractivity (Wildman–Crippen MR) is 85.5 cm³/mol. The fraction of sp³-hybridized carbons (Fsp3) is 0.824. The standard InChI is InChI=1S/C17H28N4O/c1-17(2,3)21-15(18-12-19-21)13-8-4-5-9-14(13)16(22)20-10-6-7-11-20/h12-14H,4-11H2,1-3H3/t13-,14+/m0/s1. The zero-order valence-electron chi connectivity index (χ0n) is 14.1. The van der Waals surface area contributed by atoms with E-state index in [1.807, 2.05) is 4.68 Å². The van der Waals surface area contributed by atoms with Crippen LogP contribution >= 0.6 is 0 Å². The number of rotatable bonds is 2. The van der Waals surface area contributed by atoms with Crippen molar-refractivity contribution >= 4 is 5.91 Å². The zero-order chi connectivity index (χ0) is 15.7. The molecule has 1 aromatic heterocycles. The Labute approximate surface area is 133 Å². The molecule has 0 spiro atoms. The Bertz CT molecular complexity index is 525. The quantitative estimate of drug-likeness (QED) is 0.844. The molecule has 1 amide bonds. The smallest absolute Gasteiger partial charge is 0.226 e. The topological polar surface area (TPSA) is 51.0 Å². The molecule has 1 aliphatic carbocycles. The lowest BCUT2D eigenvalue weighted by atomic mass is 9.77. The largest absolute Gasteiger partial charge is 0.342 e. The average molecular weight is 304 g/mol. The summed E-state index contributed by atoms with van der Waals surface area (Å²) in [6, 6.07) is 0.